The largest absolute Gasteiger partial charge is 0.342 e. The summed E-state index contributed by atoms with van der Waals surface area (Å²) in [7, 11) is -3.48. The summed E-state index contributed by atoms with van der Waals surface area (Å²) in [4.78, 5) is 14.1. The molecule has 1 fully saturated rings. The zero-order valence-electron chi connectivity index (χ0n) is 13.0. The number of sulfonamides is 1. The van der Waals surface area contributed by atoms with E-state index in [1.165, 1.54) is 11.1 Å². The lowest BCUT2D eigenvalue weighted by molar-refractivity contribution is -0.132. The lowest BCUT2D eigenvalue weighted by Gasteiger charge is -2.33. The minimum atomic E-state index is -3.48. The van der Waals surface area contributed by atoms with Crippen LogP contribution in [0.5, 0.6) is 0 Å². The van der Waals surface area contributed by atoms with Crippen molar-refractivity contribution in [2.45, 2.75) is 38.5 Å². The first kappa shape index (κ1) is 17.0. The smallest absolute Gasteiger partial charge is 0.222 e. The van der Waals surface area contributed by atoms with Gasteiger partial charge in [0, 0.05) is 25.4 Å². The van der Waals surface area contributed by atoms with E-state index in [1.807, 2.05) is 4.90 Å². The average molecular weight is 324 g/mol. The van der Waals surface area contributed by atoms with Gasteiger partial charge in [0.15, 0.2) is 0 Å². The van der Waals surface area contributed by atoms with Gasteiger partial charge in [0.25, 0.3) is 0 Å². The van der Waals surface area contributed by atoms with E-state index in [0.717, 1.165) is 25.9 Å². The molecular weight excluding hydrogens is 300 g/mol. The summed E-state index contributed by atoms with van der Waals surface area (Å²) < 4.78 is 21.8. The van der Waals surface area contributed by atoms with E-state index in [9.17, 15) is 13.2 Å². The van der Waals surface area contributed by atoms with Gasteiger partial charge >= 0.3 is 0 Å². The number of benzene rings is 1. The Labute approximate surface area is 132 Å². The van der Waals surface area contributed by atoms with Gasteiger partial charge in [0.2, 0.25) is 15.9 Å². The molecular formula is C16H24N2O3S. The highest BCUT2D eigenvalue weighted by atomic mass is 32.2. The number of likely N-dealkylation sites (tertiary alicyclic amines) is 1. The Balaban J connectivity index is 1.91. The summed E-state index contributed by atoms with van der Waals surface area (Å²) >= 11 is 0. The minimum Gasteiger partial charge on any atom is -0.342 e. The zero-order chi connectivity index (χ0) is 16.2. The second kappa shape index (κ2) is 7.24. The molecule has 1 heterocycles. The number of piperidine rings is 1. The van der Waals surface area contributed by atoms with Crippen LogP contribution in [0.15, 0.2) is 24.3 Å². The molecule has 0 saturated carbocycles. The second-order valence-electron chi connectivity index (χ2n) is 6.06. The standard InChI is InChI=1S/C16H24N2O3S/c1-13-5-2-6-14(11-13)15-7-3-9-18(12-15)16(19)8-4-10-22(17,20)21/h2,5-6,11,15H,3-4,7-10,12H2,1H3,(H2,17,20,21)/t15-/m1/s1. The van der Waals surface area contributed by atoms with E-state index in [4.69, 9.17) is 5.14 Å². The molecule has 6 heteroatoms. The molecule has 1 atom stereocenters. The SMILES string of the molecule is Cc1cccc([C@@H]2CCCN(C(=O)CCCS(N)(=O)=O)C2)c1. The third kappa shape index (κ3) is 5.10. The summed E-state index contributed by atoms with van der Waals surface area (Å²) in [5.74, 6) is 0.269. The first-order valence-corrected chi connectivity index (χ1v) is 9.41. The van der Waals surface area contributed by atoms with E-state index >= 15 is 0 Å². The van der Waals surface area contributed by atoms with Crippen molar-refractivity contribution in [1.29, 1.82) is 0 Å². The molecule has 0 aliphatic carbocycles. The predicted molar refractivity (Wildman–Crippen MR) is 86.9 cm³/mol. The van der Waals surface area contributed by atoms with Crippen molar-refractivity contribution in [1.82, 2.24) is 4.90 Å². The molecule has 0 unspecified atom stereocenters. The Morgan fingerprint density at radius 1 is 1.41 bits per heavy atom. The van der Waals surface area contributed by atoms with Crippen LogP contribution in [-0.4, -0.2) is 38.1 Å². The van der Waals surface area contributed by atoms with E-state index in [0.29, 0.717) is 12.3 Å². The number of rotatable bonds is 5. The summed E-state index contributed by atoms with van der Waals surface area (Å²) in [6, 6.07) is 8.42. The highest BCUT2D eigenvalue weighted by Crippen LogP contribution is 2.27. The van der Waals surface area contributed by atoms with Crippen molar-refractivity contribution in [3.8, 4) is 0 Å². The van der Waals surface area contributed by atoms with Gasteiger partial charge in [-0.2, -0.15) is 0 Å². The van der Waals surface area contributed by atoms with Gasteiger partial charge in [-0.3, -0.25) is 4.79 Å². The number of nitrogens with zero attached hydrogens (tertiary/aromatic N) is 1. The van der Waals surface area contributed by atoms with E-state index in [2.05, 4.69) is 31.2 Å². The Bertz CT molecular complexity index is 628. The van der Waals surface area contributed by atoms with E-state index < -0.39 is 10.0 Å². The van der Waals surface area contributed by atoms with Crippen LogP contribution in [0.25, 0.3) is 0 Å². The number of carbonyl (C=O) groups excluding carboxylic acids is 1. The topological polar surface area (TPSA) is 80.5 Å². The van der Waals surface area contributed by atoms with Gasteiger partial charge < -0.3 is 4.90 Å². The molecule has 0 bridgehead atoms. The van der Waals surface area contributed by atoms with Gasteiger partial charge in [0.1, 0.15) is 0 Å². The Morgan fingerprint density at radius 3 is 2.86 bits per heavy atom. The van der Waals surface area contributed by atoms with Crippen molar-refractivity contribution in [2.75, 3.05) is 18.8 Å². The van der Waals surface area contributed by atoms with Crippen LogP contribution >= 0.6 is 0 Å². The Morgan fingerprint density at radius 2 is 2.18 bits per heavy atom. The minimum absolute atomic E-state index is 0.0287. The second-order valence-corrected chi connectivity index (χ2v) is 7.80. The molecule has 2 N–H and O–H groups in total. The molecule has 1 aromatic carbocycles. The fraction of sp³-hybridized carbons (Fsp3) is 0.562. The van der Waals surface area contributed by atoms with Crippen LogP contribution in [0.1, 0.15) is 42.7 Å². The maximum absolute atomic E-state index is 12.2. The number of hydrogen-bond acceptors (Lipinski definition) is 3. The fourth-order valence-electron chi connectivity index (χ4n) is 2.98. The first-order valence-electron chi connectivity index (χ1n) is 7.70. The molecule has 1 aliphatic heterocycles. The average Bonchev–Trinajstić information content (AvgIpc) is 2.46. The number of aryl methyl sites for hydroxylation is 1. The lowest BCUT2D eigenvalue weighted by Crippen LogP contribution is -2.39. The van der Waals surface area contributed by atoms with Crippen LogP contribution < -0.4 is 5.14 Å². The molecule has 2 rings (SSSR count). The summed E-state index contributed by atoms with van der Waals surface area (Å²) in [5.41, 5.74) is 2.51. The number of primary sulfonamides is 1. The molecule has 0 spiro atoms. The molecule has 1 aliphatic rings. The molecule has 122 valence electrons. The van der Waals surface area contributed by atoms with Crippen LogP contribution in [-0.2, 0) is 14.8 Å². The molecule has 1 saturated heterocycles. The maximum atomic E-state index is 12.2. The van der Waals surface area contributed by atoms with Crippen molar-refractivity contribution in [2.24, 2.45) is 5.14 Å². The fourth-order valence-corrected chi connectivity index (χ4v) is 3.53. The zero-order valence-corrected chi connectivity index (χ0v) is 13.8. The highest BCUT2D eigenvalue weighted by molar-refractivity contribution is 7.89. The van der Waals surface area contributed by atoms with Crippen molar-refractivity contribution < 1.29 is 13.2 Å². The highest BCUT2D eigenvalue weighted by Gasteiger charge is 2.24. The van der Waals surface area contributed by atoms with Crippen LogP contribution in [0.4, 0.5) is 0 Å². The van der Waals surface area contributed by atoms with Gasteiger partial charge in [-0.05, 0) is 31.7 Å². The number of nitrogens with two attached hydrogens (primary N) is 1. The van der Waals surface area contributed by atoms with E-state index in [1.54, 1.807) is 0 Å². The van der Waals surface area contributed by atoms with Crippen LogP contribution in [0.2, 0.25) is 0 Å². The molecule has 1 aromatic rings. The van der Waals surface area contributed by atoms with Gasteiger partial charge in [-0.1, -0.05) is 29.8 Å². The van der Waals surface area contributed by atoms with Gasteiger partial charge in [-0.15, -0.1) is 0 Å². The predicted octanol–water partition coefficient (Wildman–Crippen LogP) is 1.77. The molecule has 1 amide bonds. The monoisotopic (exact) mass is 324 g/mol. The Kier molecular flexibility index (Phi) is 5.58. The molecule has 0 aromatic heterocycles. The lowest BCUT2D eigenvalue weighted by atomic mass is 9.89. The first-order chi connectivity index (χ1) is 10.3. The quantitative estimate of drug-likeness (QED) is 0.896. The summed E-state index contributed by atoms with van der Waals surface area (Å²) in [6.07, 6.45) is 2.62. The number of hydrogen-bond donors (Lipinski definition) is 1. The van der Waals surface area contributed by atoms with Crippen molar-refractivity contribution >= 4 is 15.9 Å². The normalized spacial score (nSPS) is 19.2. The van der Waals surface area contributed by atoms with Gasteiger partial charge in [0.05, 0.1) is 5.75 Å². The molecule has 0 radical (unpaired) electrons. The third-order valence-corrected chi connectivity index (χ3v) is 4.96. The maximum Gasteiger partial charge on any atom is 0.222 e. The molecule has 5 nitrogen and oxygen atoms in total. The number of amides is 1. The summed E-state index contributed by atoms with van der Waals surface area (Å²) in [6.45, 7) is 3.55. The van der Waals surface area contributed by atoms with Gasteiger partial charge in [-0.25, -0.2) is 13.6 Å². The third-order valence-electron chi connectivity index (χ3n) is 4.11. The van der Waals surface area contributed by atoms with Crippen molar-refractivity contribution in [3.05, 3.63) is 35.4 Å². The van der Waals surface area contributed by atoms with E-state index in [-0.39, 0.29) is 18.1 Å². The Hall–Kier alpha value is -1.40. The van der Waals surface area contributed by atoms with Crippen LogP contribution in [0.3, 0.4) is 0 Å². The van der Waals surface area contributed by atoms with Crippen LogP contribution in [0, 0.1) is 6.92 Å². The van der Waals surface area contributed by atoms with Crippen molar-refractivity contribution in [3.63, 3.8) is 0 Å². The molecule has 22 heavy (non-hydrogen) atoms. The number of carbonyl (C=O) groups is 1. The summed E-state index contributed by atoms with van der Waals surface area (Å²) in [5, 5.41) is 4.96.